The minimum absolute atomic E-state index is 0.221. The molecule has 0 aromatic carbocycles. The highest BCUT2D eigenvalue weighted by Crippen LogP contribution is 2.41. The van der Waals surface area contributed by atoms with E-state index in [4.69, 9.17) is 9.15 Å². The van der Waals surface area contributed by atoms with E-state index in [-0.39, 0.29) is 6.10 Å². The first-order valence-corrected chi connectivity index (χ1v) is 8.05. The second kappa shape index (κ2) is 5.31. The number of rotatable bonds is 3. The molecule has 0 bridgehead atoms. The van der Waals surface area contributed by atoms with Crippen molar-refractivity contribution in [2.24, 2.45) is 5.92 Å². The van der Waals surface area contributed by atoms with Crippen molar-refractivity contribution in [2.75, 3.05) is 13.1 Å². The lowest BCUT2D eigenvalue weighted by atomic mass is 9.92. The fraction of sp³-hybridized carbons (Fsp3) is 0.533. The van der Waals surface area contributed by atoms with E-state index in [0.29, 0.717) is 12.0 Å². The molecule has 4 rings (SSSR count). The van der Waals surface area contributed by atoms with Gasteiger partial charge in [-0.05, 0) is 31.4 Å². The highest BCUT2D eigenvalue weighted by atomic mass is 32.1. The molecule has 0 N–H and O–H groups in total. The van der Waals surface area contributed by atoms with Gasteiger partial charge in [-0.3, -0.25) is 4.90 Å². The van der Waals surface area contributed by atoms with Crippen molar-refractivity contribution in [3.8, 4) is 0 Å². The van der Waals surface area contributed by atoms with Gasteiger partial charge in [0.1, 0.15) is 11.1 Å². The Hall–Kier alpha value is -1.17. The molecule has 3 atom stereocenters. The van der Waals surface area contributed by atoms with Crippen LogP contribution in [0.25, 0.3) is 0 Å². The second-order valence-corrected chi connectivity index (χ2v) is 6.61. The van der Waals surface area contributed by atoms with Crippen LogP contribution in [-0.4, -0.2) is 29.1 Å². The zero-order valence-corrected chi connectivity index (χ0v) is 12.1. The fourth-order valence-corrected chi connectivity index (χ4v) is 4.02. The van der Waals surface area contributed by atoms with Crippen LogP contribution < -0.4 is 0 Å². The van der Waals surface area contributed by atoms with E-state index in [1.807, 2.05) is 23.9 Å². The average Bonchev–Trinajstić information content (AvgIpc) is 3.19. The predicted octanol–water partition coefficient (Wildman–Crippen LogP) is 3.09. The maximum atomic E-state index is 6.24. The van der Waals surface area contributed by atoms with E-state index < -0.39 is 0 Å². The third-order valence-electron chi connectivity index (χ3n) is 4.35. The Bertz CT molecular complexity index is 540. The number of piperidine rings is 1. The van der Waals surface area contributed by atoms with Crippen molar-refractivity contribution in [1.29, 1.82) is 0 Å². The molecule has 2 aromatic heterocycles. The van der Waals surface area contributed by atoms with Gasteiger partial charge in [-0.1, -0.05) is 0 Å². The van der Waals surface area contributed by atoms with Gasteiger partial charge in [-0.25, -0.2) is 4.98 Å². The maximum absolute atomic E-state index is 6.24. The number of fused-ring (bicyclic) bond motifs is 1. The number of furan rings is 1. The molecule has 106 valence electrons. The third-order valence-corrected chi connectivity index (χ3v) is 5.22. The SMILES string of the molecule is c1csc([C@@H]2C[C@H]3CCN(Cc4ccoc4)C[C@@H]3O2)n1. The standard InChI is InChI=1S/C15H18N2O2S/c1-4-17(8-11-2-5-18-10-11)9-14-12(1)7-13(19-14)15-16-3-6-20-15/h2-3,5-6,10,12-14H,1,4,7-9H2/t12-,13+,14+/m1/s1. The van der Waals surface area contributed by atoms with Gasteiger partial charge in [0.2, 0.25) is 0 Å². The average molecular weight is 290 g/mol. The summed E-state index contributed by atoms with van der Waals surface area (Å²) in [4.78, 5) is 6.87. The number of hydrogen-bond acceptors (Lipinski definition) is 5. The van der Waals surface area contributed by atoms with E-state index in [2.05, 4.69) is 9.88 Å². The Morgan fingerprint density at radius 2 is 2.45 bits per heavy atom. The van der Waals surface area contributed by atoms with Crippen LogP contribution in [0.5, 0.6) is 0 Å². The molecule has 20 heavy (non-hydrogen) atoms. The highest BCUT2D eigenvalue weighted by molar-refractivity contribution is 7.09. The largest absolute Gasteiger partial charge is 0.472 e. The molecule has 0 spiro atoms. The molecular weight excluding hydrogens is 272 g/mol. The van der Waals surface area contributed by atoms with Gasteiger partial charge in [-0.15, -0.1) is 11.3 Å². The predicted molar refractivity (Wildman–Crippen MR) is 76.4 cm³/mol. The van der Waals surface area contributed by atoms with E-state index in [1.54, 1.807) is 17.6 Å². The van der Waals surface area contributed by atoms with Crippen molar-refractivity contribution in [3.63, 3.8) is 0 Å². The molecule has 5 heteroatoms. The lowest BCUT2D eigenvalue weighted by Gasteiger charge is -2.33. The van der Waals surface area contributed by atoms with Crippen molar-refractivity contribution in [1.82, 2.24) is 9.88 Å². The van der Waals surface area contributed by atoms with Gasteiger partial charge in [0.05, 0.1) is 18.6 Å². The monoisotopic (exact) mass is 290 g/mol. The fourth-order valence-electron chi connectivity index (χ4n) is 3.33. The van der Waals surface area contributed by atoms with Crippen LogP contribution in [-0.2, 0) is 11.3 Å². The molecule has 0 radical (unpaired) electrons. The van der Waals surface area contributed by atoms with Gasteiger partial charge in [-0.2, -0.15) is 0 Å². The summed E-state index contributed by atoms with van der Waals surface area (Å²) in [7, 11) is 0. The van der Waals surface area contributed by atoms with Crippen molar-refractivity contribution in [3.05, 3.63) is 40.7 Å². The molecular formula is C15H18N2O2S. The summed E-state index contributed by atoms with van der Waals surface area (Å²) in [6, 6.07) is 2.04. The zero-order chi connectivity index (χ0) is 13.4. The lowest BCUT2D eigenvalue weighted by molar-refractivity contribution is -0.00943. The summed E-state index contributed by atoms with van der Waals surface area (Å²) < 4.78 is 11.4. The summed E-state index contributed by atoms with van der Waals surface area (Å²) in [6.07, 6.45) is 8.40. The summed E-state index contributed by atoms with van der Waals surface area (Å²) in [5, 5.41) is 3.17. The molecule has 0 saturated carbocycles. The van der Waals surface area contributed by atoms with Crippen LogP contribution in [0.15, 0.2) is 34.6 Å². The Morgan fingerprint density at radius 1 is 1.45 bits per heavy atom. The van der Waals surface area contributed by atoms with Crippen LogP contribution in [0.4, 0.5) is 0 Å². The normalized spacial score (nSPS) is 30.5. The number of nitrogens with zero attached hydrogens (tertiary/aromatic N) is 2. The van der Waals surface area contributed by atoms with Crippen LogP contribution in [0.1, 0.15) is 29.5 Å². The van der Waals surface area contributed by atoms with Crippen LogP contribution in [0, 0.1) is 5.92 Å². The van der Waals surface area contributed by atoms with Crippen molar-refractivity contribution in [2.45, 2.75) is 31.6 Å². The third kappa shape index (κ3) is 2.41. The van der Waals surface area contributed by atoms with E-state index in [0.717, 1.165) is 31.1 Å². The van der Waals surface area contributed by atoms with Gasteiger partial charge in [0.25, 0.3) is 0 Å². The summed E-state index contributed by atoms with van der Waals surface area (Å²) in [6.45, 7) is 3.14. The molecule has 2 aliphatic rings. The first kappa shape index (κ1) is 12.6. The van der Waals surface area contributed by atoms with E-state index >= 15 is 0 Å². The molecule has 4 heterocycles. The minimum atomic E-state index is 0.221. The van der Waals surface area contributed by atoms with Crippen LogP contribution >= 0.6 is 11.3 Å². The molecule has 2 saturated heterocycles. The smallest absolute Gasteiger partial charge is 0.121 e. The van der Waals surface area contributed by atoms with Gasteiger partial charge >= 0.3 is 0 Å². The minimum Gasteiger partial charge on any atom is -0.472 e. The number of likely N-dealkylation sites (tertiary alicyclic amines) is 1. The van der Waals surface area contributed by atoms with Gasteiger partial charge in [0, 0.05) is 30.2 Å². The van der Waals surface area contributed by atoms with Gasteiger partial charge < -0.3 is 9.15 Å². The van der Waals surface area contributed by atoms with Crippen molar-refractivity contribution >= 4 is 11.3 Å². The molecule has 0 unspecified atom stereocenters. The van der Waals surface area contributed by atoms with Crippen LogP contribution in [0.2, 0.25) is 0 Å². The first-order valence-electron chi connectivity index (χ1n) is 7.17. The quantitative estimate of drug-likeness (QED) is 0.870. The summed E-state index contributed by atoms with van der Waals surface area (Å²) >= 11 is 1.71. The lowest BCUT2D eigenvalue weighted by Crippen LogP contribution is -2.41. The number of aromatic nitrogens is 1. The van der Waals surface area contributed by atoms with Crippen molar-refractivity contribution < 1.29 is 9.15 Å². The molecule has 0 amide bonds. The highest BCUT2D eigenvalue weighted by Gasteiger charge is 2.40. The molecule has 2 aromatic rings. The summed E-state index contributed by atoms with van der Waals surface area (Å²) in [5.41, 5.74) is 1.25. The Kier molecular flexibility index (Phi) is 3.34. The number of ether oxygens (including phenoxy) is 1. The topological polar surface area (TPSA) is 38.5 Å². The second-order valence-electron chi connectivity index (χ2n) is 5.68. The van der Waals surface area contributed by atoms with Gasteiger partial charge in [0.15, 0.2) is 0 Å². The molecule has 2 fully saturated rings. The first-order chi connectivity index (χ1) is 9.88. The van der Waals surface area contributed by atoms with Crippen LogP contribution in [0.3, 0.4) is 0 Å². The molecule has 2 aliphatic heterocycles. The van der Waals surface area contributed by atoms with E-state index in [1.165, 1.54) is 12.0 Å². The molecule has 0 aliphatic carbocycles. The summed E-state index contributed by atoms with van der Waals surface area (Å²) in [5.74, 6) is 0.699. The Morgan fingerprint density at radius 3 is 3.25 bits per heavy atom. The maximum Gasteiger partial charge on any atom is 0.121 e. The van der Waals surface area contributed by atoms with E-state index in [9.17, 15) is 0 Å². The Balaban J connectivity index is 1.40. The molecule has 4 nitrogen and oxygen atoms in total. The Labute approximate surface area is 122 Å². The number of hydrogen-bond donors (Lipinski definition) is 0. The number of thiazole rings is 1. The zero-order valence-electron chi connectivity index (χ0n) is 11.3.